The van der Waals surface area contributed by atoms with Crippen LogP contribution in [0.4, 0.5) is 0 Å². The minimum atomic E-state index is -1.64. The van der Waals surface area contributed by atoms with Gasteiger partial charge in [-0.3, -0.25) is 9.59 Å². The van der Waals surface area contributed by atoms with Gasteiger partial charge in [-0.2, -0.15) is 0 Å². The van der Waals surface area contributed by atoms with E-state index in [4.69, 9.17) is 18.9 Å². The molecule has 0 aliphatic rings. The van der Waals surface area contributed by atoms with Gasteiger partial charge in [-0.15, -0.1) is 0 Å². The van der Waals surface area contributed by atoms with Crippen LogP contribution in [0.25, 0.3) is 0 Å². The molecule has 2 unspecified atom stereocenters. The molecule has 0 aliphatic heterocycles. The van der Waals surface area contributed by atoms with Crippen LogP contribution < -0.4 is 5.11 Å². The summed E-state index contributed by atoms with van der Waals surface area (Å²) in [6.45, 7) is 4.47. The molecule has 0 amide bonds. The summed E-state index contributed by atoms with van der Waals surface area (Å²) in [5, 5.41) is 11.9. The number of esters is 2. The number of likely N-dealkylation sites (N-methyl/N-ethyl adjacent to an activating group) is 1. The van der Waals surface area contributed by atoms with E-state index in [1.165, 1.54) is 38.5 Å². The van der Waals surface area contributed by atoms with Crippen LogP contribution in [0.5, 0.6) is 0 Å². The number of allylic oxidation sites excluding steroid dienone is 38. The van der Waals surface area contributed by atoms with Gasteiger partial charge in [0, 0.05) is 12.8 Å². The van der Waals surface area contributed by atoms with Gasteiger partial charge in [-0.05, 0) is 161 Å². The van der Waals surface area contributed by atoms with Crippen molar-refractivity contribution in [1.29, 1.82) is 0 Å². The molecule has 9 nitrogen and oxygen atoms in total. The lowest BCUT2D eigenvalue weighted by molar-refractivity contribution is -0.870. The van der Waals surface area contributed by atoms with Crippen molar-refractivity contribution >= 4 is 17.9 Å². The summed E-state index contributed by atoms with van der Waals surface area (Å²) >= 11 is 0. The Labute approximate surface area is 606 Å². The molecule has 0 aromatic heterocycles. The molecule has 99 heavy (non-hydrogen) atoms. The minimum Gasteiger partial charge on any atom is -0.545 e. The second-order valence-corrected chi connectivity index (χ2v) is 25.8. The van der Waals surface area contributed by atoms with Crippen molar-refractivity contribution in [3.05, 3.63) is 231 Å². The van der Waals surface area contributed by atoms with E-state index in [9.17, 15) is 19.5 Å². The monoisotopic (exact) mass is 1360 g/mol. The Balaban J connectivity index is 4.22. The van der Waals surface area contributed by atoms with E-state index < -0.39 is 24.3 Å². The molecule has 0 aromatic rings. The van der Waals surface area contributed by atoms with E-state index in [2.05, 4.69) is 245 Å². The molecule has 0 saturated carbocycles. The van der Waals surface area contributed by atoms with Gasteiger partial charge in [-0.25, -0.2) is 0 Å². The quantitative estimate of drug-likeness (QED) is 0.0195. The van der Waals surface area contributed by atoms with Crippen molar-refractivity contribution in [2.45, 2.75) is 270 Å². The van der Waals surface area contributed by atoms with E-state index in [0.717, 1.165) is 180 Å². The van der Waals surface area contributed by atoms with E-state index in [1.54, 1.807) is 0 Å². The van der Waals surface area contributed by atoms with Gasteiger partial charge in [0.1, 0.15) is 13.2 Å². The summed E-state index contributed by atoms with van der Waals surface area (Å²) in [6, 6.07) is 0. The lowest BCUT2D eigenvalue weighted by atomic mass is 10.1. The predicted molar refractivity (Wildman–Crippen MR) is 425 cm³/mol. The normalized spacial score (nSPS) is 14.0. The smallest absolute Gasteiger partial charge is 0.306 e. The second kappa shape index (κ2) is 77.1. The molecule has 0 bridgehead atoms. The number of rotatable bonds is 68. The summed E-state index contributed by atoms with van der Waals surface area (Å²) in [4.78, 5) is 37.6. The zero-order chi connectivity index (χ0) is 71.8. The number of carboxylic acid groups (broad SMARTS) is 1. The fourth-order valence-electron chi connectivity index (χ4n) is 9.62. The number of unbranched alkanes of at least 4 members (excludes halogenated alkanes) is 15. The largest absolute Gasteiger partial charge is 0.545 e. The average Bonchev–Trinajstić information content (AvgIpc) is 2.62. The Morgan fingerprint density at radius 2 is 0.545 bits per heavy atom. The molecule has 0 rings (SSSR count). The number of quaternary nitrogens is 1. The number of ether oxygens (including phenoxy) is 4. The standard InChI is InChI=1S/C90H139NO8/c1-6-8-10-12-14-16-18-20-22-24-26-28-30-32-34-36-38-40-41-42-43-44-45-46-47-49-51-53-55-57-59-61-63-65-67-69-71-73-75-77-79-81-88(93)99-86(85-98-90(89(94)95)96-83-82-91(3,4)5)84-97-87(92)80-78-76-74-72-70-68-66-64-62-60-58-56-54-52-50-48-39-37-35-33-31-29-27-25-23-21-19-17-15-13-11-9-7-2/h8-11,14-17,20-23,26-29,32-35,38-40,42-43,45-46,48-49,51-52,54-55,57-58,60-61,63,86,90H,6-7,12-13,18-19,24-25,30-31,36-37,41,44,47,50,53,56,59,62,64-85H2,1-5H3/b10-8-,11-9-,16-14-,17-15-,22-20-,23-21-,28-26-,29-27-,34-32-,35-33-,40-38-,43-42-,46-45-,48-39-,51-49-,54-52-,57-55-,60-58-,63-61-. The average molecular weight is 1360 g/mol. The number of hydrogen-bond acceptors (Lipinski definition) is 8. The topological polar surface area (TPSA) is 111 Å². The van der Waals surface area contributed by atoms with Crippen molar-refractivity contribution in [1.82, 2.24) is 0 Å². The van der Waals surface area contributed by atoms with Gasteiger partial charge in [0.05, 0.1) is 40.3 Å². The molecule has 9 heteroatoms. The van der Waals surface area contributed by atoms with Crippen LogP contribution in [0, 0.1) is 0 Å². The lowest BCUT2D eigenvalue weighted by Gasteiger charge is -2.26. The molecule has 0 aromatic carbocycles. The number of carbonyl (C=O) groups excluding carboxylic acids is 3. The fraction of sp³-hybridized carbons (Fsp3) is 0.544. The first-order chi connectivity index (χ1) is 48.6. The SMILES string of the molecule is CC/C=C\C/C=C\C/C=C\C/C=C\C/C=C\C/C=C\C/C=C\C/C=C\C/C=C\C/C=C\C/C=C\CCCCCCCCCC(=O)OC(COC(=O)CCCCCCCCCC/C=C\C/C=C\C/C=C\C/C=C\C/C=C\C/C=C\C/C=C\C/C=C\CC)COC(OCC[N+](C)(C)C)C(=O)[O-]. The van der Waals surface area contributed by atoms with Crippen molar-refractivity contribution in [2.24, 2.45) is 0 Å². The molecule has 2 atom stereocenters. The van der Waals surface area contributed by atoms with E-state index >= 15 is 0 Å². The molecule has 0 fully saturated rings. The first-order valence-electron chi connectivity index (χ1n) is 38.5. The molecule has 0 heterocycles. The Morgan fingerprint density at radius 1 is 0.303 bits per heavy atom. The van der Waals surface area contributed by atoms with Crippen LogP contribution in [-0.2, 0) is 33.3 Å². The molecule has 0 N–H and O–H groups in total. The van der Waals surface area contributed by atoms with Gasteiger partial charge < -0.3 is 33.3 Å². The van der Waals surface area contributed by atoms with Crippen LogP contribution in [-0.4, -0.2) is 82.3 Å². The first-order valence-corrected chi connectivity index (χ1v) is 38.5. The summed E-state index contributed by atoms with van der Waals surface area (Å²) in [5.41, 5.74) is 0. The highest BCUT2D eigenvalue weighted by Crippen LogP contribution is 2.15. The van der Waals surface area contributed by atoms with Gasteiger partial charge in [0.15, 0.2) is 12.4 Å². The Bertz CT molecular complexity index is 2490. The molecule has 0 aliphatic carbocycles. The maximum Gasteiger partial charge on any atom is 0.306 e. The van der Waals surface area contributed by atoms with E-state index in [0.29, 0.717) is 23.9 Å². The summed E-state index contributed by atoms with van der Waals surface area (Å²) in [6.07, 6.45) is 120. The second-order valence-electron chi connectivity index (χ2n) is 25.8. The Hall–Kier alpha value is -6.65. The molecule has 0 radical (unpaired) electrons. The highest BCUT2D eigenvalue weighted by atomic mass is 16.7. The van der Waals surface area contributed by atoms with Gasteiger partial charge in [-0.1, -0.05) is 315 Å². The molecular formula is C90H139NO8. The third-order valence-corrected chi connectivity index (χ3v) is 15.4. The number of hydrogen-bond donors (Lipinski definition) is 0. The highest BCUT2D eigenvalue weighted by Gasteiger charge is 2.22. The van der Waals surface area contributed by atoms with Crippen molar-refractivity contribution < 1.29 is 42.9 Å². The number of nitrogens with zero attached hydrogens (tertiary/aromatic N) is 1. The van der Waals surface area contributed by atoms with E-state index in [1.807, 2.05) is 21.1 Å². The molecule has 0 spiro atoms. The number of aliphatic carboxylic acids is 1. The predicted octanol–water partition coefficient (Wildman–Crippen LogP) is 23.7. The number of carbonyl (C=O) groups is 3. The van der Waals surface area contributed by atoms with Crippen molar-refractivity contribution in [3.63, 3.8) is 0 Å². The van der Waals surface area contributed by atoms with Crippen molar-refractivity contribution in [2.75, 3.05) is 47.5 Å². The van der Waals surface area contributed by atoms with Crippen LogP contribution in [0.15, 0.2) is 231 Å². The third kappa shape index (κ3) is 78.6. The molecular weight excluding hydrogens is 1220 g/mol. The maximum absolute atomic E-state index is 13.0. The van der Waals surface area contributed by atoms with Crippen LogP contribution in [0.3, 0.4) is 0 Å². The maximum atomic E-state index is 13.0. The summed E-state index contributed by atoms with van der Waals surface area (Å²) in [5.74, 6) is -2.33. The Kier molecular flexibility index (Phi) is 71.9. The summed E-state index contributed by atoms with van der Waals surface area (Å²) in [7, 11) is 5.91. The number of carboxylic acids is 1. The van der Waals surface area contributed by atoms with Crippen molar-refractivity contribution in [3.8, 4) is 0 Å². The third-order valence-electron chi connectivity index (χ3n) is 15.4. The van der Waals surface area contributed by atoms with Gasteiger partial charge >= 0.3 is 11.9 Å². The van der Waals surface area contributed by atoms with Crippen LogP contribution in [0.1, 0.15) is 258 Å². The minimum absolute atomic E-state index is 0.131. The molecule has 552 valence electrons. The van der Waals surface area contributed by atoms with Gasteiger partial charge in [0.25, 0.3) is 0 Å². The van der Waals surface area contributed by atoms with E-state index in [-0.39, 0.29) is 38.6 Å². The first kappa shape index (κ1) is 92.4. The zero-order valence-corrected chi connectivity index (χ0v) is 63.0. The lowest BCUT2D eigenvalue weighted by Crippen LogP contribution is -2.44. The Morgan fingerprint density at radius 3 is 0.808 bits per heavy atom. The zero-order valence-electron chi connectivity index (χ0n) is 63.0. The summed E-state index contributed by atoms with van der Waals surface area (Å²) < 4.78 is 22.8. The van der Waals surface area contributed by atoms with Gasteiger partial charge in [0.2, 0.25) is 0 Å². The van der Waals surface area contributed by atoms with Crippen LogP contribution in [0.2, 0.25) is 0 Å². The van der Waals surface area contributed by atoms with Crippen LogP contribution >= 0.6 is 0 Å². The molecule has 0 saturated heterocycles. The fourth-order valence-corrected chi connectivity index (χ4v) is 9.62. The highest BCUT2D eigenvalue weighted by molar-refractivity contribution is 5.70.